The van der Waals surface area contributed by atoms with Gasteiger partial charge in [-0.15, -0.1) is 0 Å². The summed E-state index contributed by atoms with van der Waals surface area (Å²) in [5, 5.41) is 5.78. The number of urea groups is 1. The van der Waals surface area contributed by atoms with Gasteiger partial charge in [0.25, 0.3) is 5.91 Å². The number of rotatable bonds is 8. The van der Waals surface area contributed by atoms with Gasteiger partial charge in [-0.05, 0) is 106 Å². The van der Waals surface area contributed by atoms with Gasteiger partial charge in [0.1, 0.15) is 5.60 Å². The number of carbonyl (C=O) groups is 3. The van der Waals surface area contributed by atoms with Crippen LogP contribution in [0.4, 0.5) is 32.3 Å². The summed E-state index contributed by atoms with van der Waals surface area (Å²) in [6, 6.07) is 21.2. The Bertz CT molecular complexity index is 1640. The molecule has 0 radical (unpaired) electrons. The van der Waals surface area contributed by atoms with Crippen LogP contribution >= 0.6 is 0 Å². The van der Waals surface area contributed by atoms with Gasteiger partial charge in [-0.1, -0.05) is 12.1 Å². The van der Waals surface area contributed by atoms with Crippen molar-refractivity contribution < 1.29 is 28.6 Å². The van der Waals surface area contributed by atoms with Crippen LogP contribution in [0.15, 0.2) is 66.7 Å². The molecule has 0 unspecified atom stereocenters. The number of hydrogen-bond acceptors (Lipinski definition) is 8. The highest BCUT2D eigenvalue weighted by Gasteiger charge is 2.31. The molecule has 3 fully saturated rings. The molecule has 6 rings (SSSR count). The highest BCUT2D eigenvalue weighted by molar-refractivity contribution is 6.00. The van der Waals surface area contributed by atoms with Gasteiger partial charge in [0.15, 0.2) is 0 Å². The molecule has 0 atom stereocenters. The smallest absolute Gasteiger partial charge is 0.410 e. The first-order valence-corrected chi connectivity index (χ1v) is 18.4. The van der Waals surface area contributed by atoms with Crippen LogP contribution in [0.25, 0.3) is 11.1 Å². The summed E-state index contributed by atoms with van der Waals surface area (Å²) in [6.07, 6.45) is 1.07. The number of piperidine rings is 1. The van der Waals surface area contributed by atoms with E-state index in [0.717, 1.165) is 63.7 Å². The number of benzene rings is 3. The van der Waals surface area contributed by atoms with Gasteiger partial charge in [-0.3, -0.25) is 4.79 Å². The maximum atomic E-state index is 13.3. The first kappa shape index (κ1) is 37.0. The van der Waals surface area contributed by atoms with Crippen molar-refractivity contribution >= 4 is 40.8 Å². The minimum Gasteiger partial charge on any atom is -0.444 e. The molecule has 12 heteroatoms. The second kappa shape index (κ2) is 16.7. The third-order valence-electron chi connectivity index (χ3n) is 9.68. The Kier molecular flexibility index (Phi) is 11.9. The summed E-state index contributed by atoms with van der Waals surface area (Å²) >= 11 is 0. The molecule has 0 bridgehead atoms. The summed E-state index contributed by atoms with van der Waals surface area (Å²) in [5.74, 6) is -0.0672. The zero-order valence-electron chi connectivity index (χ0n) is 30.9. The summed E-state index contributed by atoms with van der Waals surface area (Å²) in [6.45, 7) is 15.5. The van der Waals surface area contributed by atoms with E-state index in [1.54, 1.807) is 29.2 Å². The molecule has 3 aromatic rings. The Balaban J connectivity index is 1.03. The molecule has 0 aliphatic carbocycles. The number of nitrogens with one attached hydrogen (secondary N) is 2. The van der Waals surface area contributed by atoms with Crippen LogP contribution in [-0.4, -0.2) is 112 Å². The van der Waals surface area contributed by atoms with Crippen molar-refractivity contribution in [3.8, 4) is 11.1 Å². The minimum absolute atomic E-state index is 0.0324. The van der Waals surface area contributed by atoms with E-state index in [-0.39, 0.29) is 24.1 Å². The fourth-order valence-electron chi connectivity index (χ4n) is 6.93. The zero-order valence-corrected chi connectivity index (χ0v) is 30.9. The van der Waals surface area contributed by atoms with E-state index in [2.05, 4.69) is 38.6 Å². The quantitative estimate of drug-likeness (QED) is 0.271. The van der Waals surface area contributed by atoms with E-state index in [9.17, 15) is 14.4 Å². The largest absolute Gasteiger partial charge is 0.444 e. The molecule has 4 amide bonds. The molecule has 3 aromatic carbocycles. The maximum absolute atomic E-state index is 13.3. The van der Waals surface area contributed by atoms with Gasteiger partial charge in [-0.25, -0.2) is 9.59 Å². The van der Waals surface area contributed by atoms with E-state index in [0.29, 0.717) is 49.4 Å². The van der Waals surface area contributed by atoms with Gasteiger partial charge >= 0.3 is 12.1 Å². The average Bonchev–Trinajstić information content (AvgIpc) is 3.15. The number of ether oxygens (including phenoxy) is 3. The molecule has 3 saturated heterocycles. The molecule has 3 aliphatic heterocycles. The van der Waals surface area contributed by atoms with Crippen LogP contribution < -0.4 is 20.4 Å². The Morgan fingerprint density at radius 2 is 1.23 bits per heavy atom. The second-order valence-electron chi connectivity index (χ2n) is 14.5. The number of carbonyl (C=O) groups excluding carboxylic acids is 3. The van der Waals surface area contributed by atoms with Gasteiger partial charge in [0.05, 0.1) is 26.4 Å². The first-order chi connectivity index (χ1) is 25.1. The molecular formula is C40H52N6O6. The molecule has 2 N–H and O–H groups in total. The Morgan fingerprint density at radius 1 is 0.731 bits per heavy atom. The van der Waals surface area contributed by atoms with E-state index < -0.39 is 5.60 Å². The Labute approximate surface area is 307 Å². The normalized spacial score (nSPS) is 17.0. The molecule has 278 valence electrons. The molecule has 0 saturated carbocycles. The number of morpholine rings is 2. The van der Waals surface area contributed by atoms with Crippen LogP contribution in [0.2, 0.25) is 0 Å². The molecule has 0 spiro atoms. The number of nitrogens with zero attached hydrogens (tertiary/aromatic N) is 4. The summed E-state index contributed by atoms with van der Waals surface area (Å²) in [4.78, 5) is 47.2. The topological polar surface area (TPSA) is 116 Å². The lowest BCUT2D eigenvalue weighted by molar-refractivity contribution is 0.0101. The molecule has 3 heterocycles. The van der Waals surface area contributed by atoms with Crippen LogP contribution in [0.3, 0.4) is 0 Å². The number of hydrogen-bond donors (Lipinski definition) is 2. The van der Waals surface area contributed by atoms with E-state index in [1.807, 2.05) is 56.9 Å². The molecule has 12 nitrogen and oxygen atoms in total. The van der Waals surface area contributed by atoms with Crippen molar-refractivity contribution in [2.24, 2.45) is 0 Å². The lowest BCUT2D eigenvalue weighted by atomic mass is 10.0. The van der Waals surface area contributed by atoms with Gasteiger partial charge in [-0.2, -0.15) is 0 Å². The van der Waals surface area contributed by atoms with Crippen LogP contribution in [-0.2, 0) is 14.2 Å². The van der Waals surface area contributed by atoms with E-state index >= 15 is 0 Å². The number of anilines is 4. The summed E-state index contributed by atoms with van der Waals surface area (Å²) in [5.41, 5.74) is 5.78. The lowest BCUT2D eigenvalue weighted by Gasteiger charge is -2.38. The highest BCUT2D eigenvalue weighted by atomic mass is 16.6. The molecule has 0 aromatic heterocycles. The van der Waals surface area contributed by atoms with Gasteiger partial charge in [0, 0.05) is 80.2 Å². The highest BCUT2D eigenvalue weighted by Crippen LogP contribution is 2.33. The van der Waals surface area contributed by atoms with Crippen molar-refractivity contribution in [1.82, 2.24) is 9.80 Å². The minimum atomic E-state index is -0.555. The van der Waals surface area contributed by atoms with Crippen LogP contribution in [0.1, 0.15) is 50.9 Å². The van der Waals surface area contributed by atoms with Crippen molar-refractivity contribution in [2.45, 2.75) is 52.2 Å². The van der Waals surface area contributed by atoms with Crippen LogP contribution in [0.5, 0.6) is 0 Å². The summed E-state index contributed by atoms with van der Waals surface area (Å²) < 4.78 is 16.8. The van der Waals surface area contributed by atoms with Crippen molar-refractivity contribution in [2.75, 3.05) is 92.7 Å². The third-order valence-corrected chi connectivity index (χ3v) is 9.68. The maximum Gasteiger partial charge on any atom is 0.410 e. The average molecular weight is 713 g/mol. The molecular weight excluding hydrogens is 660 g/mol. The second-order valence-corrected chi connectivity index (χ2v) is 14.5. The fraction of sp³-hybridized carbons (Fsp3) is 0.475. The van der Waals surface area contributed by atoms with E-state index in [1.165, 1.54) is 11.4 Å². The molecule has 3 aliphatic rings. The van der Waals surface area contributed by atoms with Crippen molar-refractivity contribution in [3.63, 3.8) is 0 Å². The van der Waals surface area contributed by atoms with Gasteiger partial charge < -0.3 is 44.4 Å². The number of amides is 4. The monoisotopic (exact) mass is 712 g/mol. The molecule has 52 heavy (non-hydrogen) atoms. The predicted molar refractivity (Wildman–Crippen MR) is 205 cm³/mol. The predicted octanol–water partition coefficient (Wildman–Crippen LogP) is 6.53. The van der Waals surface area contributed by atoms with E-state index in [4.69, 9.17) is 14.2 Å². The third kappa shape index (κ3) is 9.54. The SMILES string of the molecule is CCN(C(=O)OC(C)(C)C)C1CCN(C(=O)c2ccc(NC(=O)Nc3ccc(-c4cc(N5CCOCC5)cc(N5CCOCC5)c4)cc3)cc2)CC1. The number of likely N-dealkylation sites (tertiary alicyclic amines) is 1. The van der Waals surface area contributed by atoms with Gasteiger partial charge in [0.2, 0.25) is 0 Å². The lowest BCUT2D eigenvalue weighted by Crippen LogP contribution is -2.49. The Morgan fingerprint density at radius 3 is 1.71 bits per heavy atom. The van der Waals surface area contributed by atoms with Crippen LogP contribution in [0, 0.1) is 0 Å². The fourth-order valence-corrected chi connectivity index (χ4v) is 6.93. The zero-order chi connectivity index (χ0) is 36.7. The first-order valence-electron chi connectivity index (χ1n) is 18.4. The van der Waals surface area contributed by atoms with Crippen molar-refractivity contribution in [3.05, 3.63) is 72.3 Å². The van der Waals surface area contributed by atoms with Crippen molar-refractivity contribution in [1.29, 1.82) is 0 Å². The summed E-state index contributed by atoms with van der Waals surface area (Å²) in [7, 11) is 0. The standard InChI is InChI=1S/C40H52N6O6/c1-5-46(39(49)52-40(2,3)4)34-14-16-45(17-15-34)37(47)30-8-12-33(13-9-30)42-38(48)41-32-10-6-29(7-11-32)31-26-35(43-18-22-50-23-19-43)28-36(27-31)44-20-24-51-25-21-44/h6-13,26-28,34H,5,14-25H2,1-4H3,(H2,41,42,48). The Hall–Kier alpha value is -4.81.